The van der Waals surface area contributed by atoms with Crippen LogP contribution in [0, 0.1) is 0 Å². The number of hydrogen-bond acceptors (Lipinski definition) is 4. The van der Waals surface area contributed by atoms with Crippen LogP contribution in [-0.2, 0) is 17.9 Å². The van der Waals surface area contributed by atoms with Crippen molar-refractivity contribution in [2.75, 3.05) is 13.2 Å². The molecule has 0 atom stereocenters. The van der Waals surface area contributed by atoms with E-state index in [2.05, 4.69) is 5.32 Å². The predicted molar refractivity (Wildman–Crippen MR) is 82.5 cm³/mol. The van der Waals surface area contributed by atoms with Crippen LogP contribution in [0.25, 0.3) is 0 Å². The number of nitrogens with one attached hydrogen (secondary N) is 1. The maximum Gasteiger partial charge on any atom is 0.272 e. The van der Waals surface area contributed by atoms with E-state index in [0.29, 0.717) is 19.8 Å². The average molecular weight is 312 g/mol. The minimum absolute atomic E-state index is 0.101. The first-order valence-corrected chi connectivity index (χ1v) is 7.47. The zero-order valence-electron chi connectivity index (χ0n) is 12.5. The number of carbonyl (C=O) groups is 1. The molecule has 1 amide bonds. The van der Waals surface area contributed by atoms with Crippen molar-refractivity contribution in [3.8, 4) is 5.75 Å². The zero-order chi connectivity index (χ0) is 15.9. The maximum absolute atomic E-state index is 12.5. The monoisotopic (exact) mass is 312 g/mol. The largest absolute Gasteiger partial charge is 0.483 e. The molecule has 1 spiro atoms. The van der Waals surface area contributed by atoms with E-state index in [0.717, 1.165) is 5.56 Å². The van der Waals surface area contributed by atoms with E-state index in [-0.39, 0.29) is 34.9 Å². The van der Waals surface area contributed by atoms with Gasteiger partial charge in [-0.15, -0.1) is 0 Å². The molecule has 1 aromatic carbocycles. The third kappa shape index (κ3) is 2.41. The van der Waals surface area contributed by atoms with Crippen molar-refractivity contribution in [1.29, 1.82) is 0 Å². The molecule has 0 aliphatic carbocycles. The van der Waals surface area contributed by atoms with Gasteiger partial charge in [-0.2, -0.15) is 0 Å². The minimum atomic E-state index is -0.351. The van der Waals surface area contributed by atoms with Gasteiger partial charge in [0.05, 0.1) is 19.8 Å². The van der Waals surface area contributed by atoms with Gasteiger partial charge in [0.1, 0.15) is 12.1 Å². The highest BCUT2D eigenvalue weighted by Gasteiger charge is 2.45. The fourth-order valence-electron chi connectivity index (χ4n) is 2.97. The molecule has 6 heteroatoms. The standard InChI is InChI=1S/C17H16N2O4/c20-13-6-7-19-9-17(10-22-11-17)18-16(21)14(19)15(13)23-8-12-4-2-1-3-5-12/h1-7H,8-11H2,(H,18,21). The summed E-state index contributed by atoms with van der Waals surface area (Å²) >= 11 is 0. The summed E-state index contributed by atoms with van der Waals surface area (Å²) in [6, 6.07) is 11.0. The molecule has 1 aromatic heterocycles. The Labute approximate surface area is 132 Å². The summed E-state index contributed by atoms with van der Waals surface area (Å²) in [7, 11) is 0. The van der Waals surface area contributed by atoms with Gasteiger partial charge in [-0.05, 0) is 5.56 Å². The minimum Gasteiger partial charge on any atom is -0.483 e. The van der Waals surface area contributed by atoms with E-state index >= 15 is 0 Å². The molecule has 0 unspecified atom stereocenters. The molecule has 4 rings (SSSR count). The predicted octanol–water partition coefficient (Wildman–Crippen LogP) is 0.940. The van der Waals surface area contributed by atoms with Gasteiger partial charge >= 0.3 is 0 Å². The topological polar surface area (TPSA) is 69.6 Å². The van der Waals surface area contributed by atoms with Gasteiger partial charge in [-0.25, -0.2) is 0 Å². The summed E-state index contributed by atoms with van der Waals surface area (Å²) in [5.74, 6) is -0.191. The van der Waals surface area contributed by atoms with Crippen LogP contribution >= 0.6 is 0 Å². The molecule has 118 valence electrons. The molecule has 1 saturated heterocycles. The average Bonchev–Trinajstić information content (AvgIpc) is 2.53. The van der Waals surface area contributed by atoms with Gasteiger partial charge in [0.25, 0.3) is 5.91 Å². The molecule has 6 nitrogen and oxygen atoms in total. The highest BCUT2D eigenvalue weighted by molar-refractivity contribution is 5.96. The number of fused-ring (bicyclic) bond motifs is 1. The number of rotatable bonds is 3. The van der Waals surface area contributed by atoms with Crippen LogP contribution in [0.5, 0.6) is 5.75 Å². The van der Waals surface area contributed by atoms with Crippen LogP contribution in [0.2, 0.25) is 0 Å². The maximum atomic E-state index is 12.5. The lowest BCUT2D eigenvalue weighted by atomic mass is 9.94. The lowest BCUT2D eigenvalue weighted by Gasteiger charge is -2.45. The van der Waals surface area contributed by atoms with E-state index in [1.54, 1.807) is 10.8 Å². The number of ether oxygens (including phenoxy) is 2. The Bertz CT molecular complexity index is 809. The lowest BCUT2D eigenvalue weighted by molar-refractivity contribution is -0.0814. The SMILES string of the molecule is O=C1NC2(COC2)Cn2ccc(=O)c(OCc3ccccc3)c21. The van der Waals surface area contributed by atoms with E-state index < -0.39 is 0 Å². The number of aromatic nitrogens is 1. The normalized spacial score (nSPS) is 18.0. The Morgan fingerprint density at radius 1 is 1.17 bits per heavy atom. The van der Waals surface area contributed by atoms with Crippen molar-refractivity contribution < 1.29 is 14.3 Å². The molecule has 1 fully saturated rings. The second-order valence-corrected chi connectivity index (χ2v) is 5.99. The number of amides is 1. The Morgan fingerprint density at radius 3 is 2.65 bits per heavy atom. The van der Waals surface area contributed by atoms with Crippen LogP contribution in [0.1, 0.15) is 16.1 Å². The quantitative estimate of drug-likeness (QED) is 0.916. The Kier molecular flexibility index (Phi) is 3.20. The fraction of sp³-hybridized carbons (Fsp3) is 0.294. The Hall–Kier alpha value is -2.60. The Balaban J connectivity index is 1.66. The van der Waals surface area contributed by atoms with Crippen LogP contribution in [0.15, 0.2) is 47.4 Å². The van der Waals surface area contributed by atoms with Gasteiger partial charge < -0.3 is 19.4 Å². The number of pyridine rings is 1. The number of carbonyl (C=O) groups excluding carboxylic acids is 1. The smallest absolute Gasteiger partial charge is 0.272 e. The van der Waals surface area contributed by atoms with Gasteiger partial charge in [-0.3, -0.25) is 9.59 Å². The molecule has 0 radical (unpaired) electrons. The molecule has 2 aliphatic heterocycles. The second-order valence-electron chi connectivity index (χ2n) is 5.99. The van der Waals surface area contributed by atoms with Crippen molar-refractivity contribution >= 4 is 5.91 Å². The molecule has 0 bridgehead atoms. The lowest BCUT2D eigenvalue weighted by Crippen LogP contribution is -2.67. The van der Waals surface area contributed by atoms with E-state index in [4.69, 9.17) is 9.47 Å². The summed E-state index contributed by atoms with van der Waals surface area (Å²) in [6.45, 7) is 1.81. The molecule has 2 aromatic rings. The number of benzene rings is 1. The molecular formula is C17H16N2O4. The van der Waals surface area contributed by atoms with Crippen molar-refractivity contribution in [1.82, 2.24) is 9.88 Å². The summed E-state index contributed by atoms with van der Waals surface area (Å²) in [5, 5.41) is 2.95. The van der Waals surface area contributed by atoms with Crippen LogP contribution in [0.4, 0.5) is 0 Å². The first-order valence-electron chi connectivity index (χ1n) is 7.47. The third-order valence-corrected chi connectivity index (χ3v) is 4.18. The third-order valence-electron chi connectivity index (χ3n) is 4.18. The molecule has 3 heterocycles. The van der Waals surface area contributed by atoms with Crippen molar-refractivity contribution in [2.45, 2.75) is 18.7 Å². The van der Waals surface area contributed by atoms with E-state index in [1.165, 1.54) is 6.07 Å². The molecule has 1 N–H and O–H groups in total. The second kappa shape index (κ2) is 5.24. The van der Waals surface area contributed by atoms with E-state index in [9.17, 15) is 9.59 Å². The number of hydrogen-bond donors (Lipinski definition) is 1. The summed E-state index contributed by atoms with van der Waals surface area (Å²) in [4.78, 5) is 24.6. The van der Waals surface area contributed by atoms with Crippen molar-refractivity contribution in [3.63, 3.8) is 0 Å². The first-order chi connectivity index (χ1) is 11.2. The van der Waals surface area contributed by atoms with Crippen LogP contribution in [-0.4, -0.2) is 29.2 Å². The highest BCUT2D eigenvalue weighted by Crippen LogP contribution is 2.27. The zero-order valence-corrected chi connectivity index (χ0v) is 12.5. The fourth-order valence-corrected chi connectivity index (χ4v) is 2.97. The summed E-state index contributed by atoms with van der Waals surface area (Å²) in [6.07, 6.45) is 1.64. The highest BCUT2D eigenvalue weighted by atomic mass is 16.5. The number of nitrogens with zero attached hydrogens (tertiary/aromatic N) is 1. The van der Waals surface area contributed by atoms with E-state index in [1.807, 2.05) is 30.3 Å². The molecular weight excluding hydrogens is 296 g/mol. The summed E-state index contributed by atoms with van der Waals surface area (Å²) in [5.41, 5.74) is 0.583. The van der Waals surface area contributed by atoms with Crippen LogP contribution in [0.3, 0.4) is 0 Å². The summed E-state index contributed by atoms with van der Waals surface area (Å²) < 4.78 is 12.7. The molecule has 0 saturated carbocycles. The van der Waals surface area contributed by atoms with Gasteiger partial charge in [0.2, 0.25) is 5.43 Å². The van der Waals surface area contributed by atoms with Crippen LogP contribution < -0.4 is 15.5 Å². The van der Waals surface area contributed by atoms with Crippen molar-refractivity contribution in [2.24, 2.45) is 0 Å². The first kappa shape index (κ1) is 14.0. The Morgan fingerprint density at radius 2 is 1.96 bits per heavy atom. The van der Waals surface area contributed by atoms with Gasteiger partial charge in [0, 0.05) is 12.3 Å². The van der Waals surface area contributed by atoms with Crippen molar-refractivity contribution in [3.05, 3.63) is 64.1 Å². The molecule has 2 aliphatic rings. The van der Waals surface area contributed by atoms with Gasteiger partial charge in [-0.1, -0.05) is 30.3 Å². The van der Waals surface area contributed by atoms with Gasteiger partial charge in [0.15, 0.2) is 11.4 Å². The molecule has 23 heavy (non-hydrogen) atoms.